The first kappa shape index (κ1) is 16.4. The number of rotatable bonds is 5. The molecule has 0 aliphatic rings. The van der Waals surface area contributed by atoms with Crippen LogP contribution in [0, 0.1) is 13.8 Å². The second-order valence-electron chi connectivity index (χ2n) is 5.74. The molecule has 5 nitrogen and oxygen atoms in total. The molecular formula is C18H20N4OS. The van der Waals surface area contributed by atoms with Gasteiger partial charge in [0.05, 0.1) is 5.69 Å². The van der Waals surface area contributed by atoms with E-state index in [1.165, 1.54) is 0 Å². The molecule has 24 heavy (non-hydrogen) atoms. The monoisotopic (exact) mass is 340 g/mol. The van der Waals surface area contributed by atoms with Crippen molar-refractivity contribution in [3.05, 3.63) is 52.8 Å². The number of aromatic nitrogens is 3. The van der Waals surface area contributed by atoms with Crippen LogP contribution in [0.25, 0.3) is 10.6 Å². The molecule has 1 amide bonds. The summed E-state index contributed by atoms with van der Waals surface area (Å²) in [6.45, 7) is 4.02. The molecule has 2 heterocycles. The van der Waals surface area contributed by atoms with Gasteiger partial charge in [-0.15, -0.1) is 11.3 Å². The van der Waals surface area contributed by atoms with Crippen LogP contribution in [0.4, 0.5) is 5.69 Å². The van der Waals surface area contributed by atoms with Crippen molar-refractivity contribution in [2.24, 2.45) is 7.05 Å². The zero-order valence-electron chi connectivity index (χ0n) is 14.0. The van der Waals surface area contributed by atoms with Gasteiger partial charge >= 0.3 is 0 Å². The number of amides is 1. The fourth-order valence-corrected chi connectivity index (χ4v) is 3.35. The van der Waals surface area contributed by atoms with E-state index in [1.807, 2.05) is 55.2 Å². The highest BCUT2D eigenvalue weighted by Gasteiger charge is 2.11. The van der Waals surface area contributed by atoms with Gasteiger partial charge in [0.25, 0.3) is 0 Å². The van der Waals surface area contributed by atoms with E-state index >= 15 is 0 Å². The fourth-order valence-electron chi connectivity index (χ4n) is 2.70. The summed E-state index contributed by atoms with van der Waals surface area (Å²) in [6.07, 6.45) is 2.94. The highest BCUT2D eigenvalue weighted by Crippen LogP contribution is 2.23. The normalized spacial score (nSPS) is 10.8. The van der Waals surface area contributed by atoms with Crippen molar-refractivity contribution in [2.75, 3.05) is 5.32 Å². The molecule has 0 aliphatic carbocycles. The summed E-state index contributed by atoms with van der Waals surface area (Å²) >= 11 is 1.60. The fraction of sp³-hybridized carbons (Fsp3) is 0.278. The van der Waals surface area contributed by atoms with Gasteiger partial charge in [0.1, 0.15) is 5.01 Å². The second-order valence-corrected chi connectivity index (χ2v) is 6.63. The number of carbonyl (C=O) groups excluding carboxylic acids is 1. The van der Waals surface area contributed by atoms with Gasteiger partial charge in [-0.1, -0.05) is 0 Å². The first-order valence-corrected chi connectivity index (χ1v) is 8.71. The van der Waals surface area contributed by atoms with Crippen LogP contribution in [0.2, 0.25) is 0 Å². The van der Waals surface area contributed by atoms with Crippen LogP contribution in [-0.2, 0) is 18.3 Å². The summed E-state index contributed by atoms with van der Waals surface area (Å²) in [7, 11) is 1.93. The number of nitrogens with zero attached hydrogens (tertiary/aromatic N) is 3. The lowest BCUT2D eigenvalue weighted by atomic mass is 10.1. The van der Waals surface area contributed by atoms with Crippen LogP contribution in [-0.4, -0.2) is 20.7 Å². The molecule has 6 heteroatoms. The lowest BCUT2D eigenvalue weighted by molar-refractivity contribution is -0.116. The summed E-state index contributed by atoms with van der Waals surface area (Å²) in [5.74, 6) is 0.0136. The minimum atomic E-state index is 0.0136. The highest BCUT2D eigenvalue weighted by molar-refractivity contribution is 7.13. The molecule has 0 spiro atoms. The number of hydrogen-bond donors (Lipinski definition) is 1. The van der Waals surface area contributed by atoms with E-state index in [4.69, 9.17) is 0 Å². The van der Waals surface area contributed by atoms with Gasteiger partial charge in [-0.3, -0.25) is 9.48 Å². The molecule has 0 radical (unpaired) electrons. The minimum absolute atomic E-state index is 0.0136. The van der Waals surface area contributed by atoms with Crippen LogP contribution in [0.3, 0.4) is 0 Å². The van der Waals surface area contributed by atoms with E-state index in [0.717, 1.165) is 33.2 Å². The van der Waals surface area contributed by atoms with Crippen LogP contribution >= 0.6 is 11.3 Å². The summed E-state index contributed by atoms with van der Waals surface area (Å²) in [5, 5.41) is 10.3. The van der Waals surface area contributed by atoms with Crippen molar-refractivity contribution >= 4 is 22.9 Å². The maximum absolute atomic E-state index is 12.2. The Morgan fingerprint density at radius 3 is 2.58 bits per heavy atom. The average Bonchev–Trinajstić information content (AvgIpc) is 3.17. The molecule has 124 valence electrons. The predicted molar refractivity (Wildman–Crippen MR) is 97.2 cm³/mol. The van der Waals surface area contributed by atoms with Gasteiger partial charge in [0.2, 0.25) is 5.91 Å². The van der Waals surface area contributed by atoms with Crippen molar-refractivity contribution in [1.82, 2.24) is 14.8 Å². The first-order chi connectivity index (χ1) is 11.5. The van der Waals surface area contributed by atoms with Gasteiger partial charge in [0, 0.05) is 42.0 Å². The second kappa shape index (κ2) is 6.97. The molecule has 1 N–H and O–H groups in total. The molecule has 1 aromatic carbocycles. The standard InChI is InChI=1S/C18H20N4OS/c1-12-16(13(2)22(3)21-12)8-9-17(23)20-15-6-4-14(5-7-15)18-19-10-11-24-18/h4-7,10-11H,8-9H2,1-3H3,(H,20,23). The number of aryl methyl sites for hydroxylation is 2. The smallest absolute Gasteiger partial charge is 0.224 e. The van der Waals surface area contributed by atoms with E-state index in [9.17, 15) is 4.79 Å². The average molecular weight is 340 g/mol. The number of carbonyl (C=O) groups is 1. The van der Waals surface area contributed by atoms with E-state index in [2.05, 4.69) is 15.4 Å². The van der Waals surface area contributed by atoms with E-state index < -0.39 is 0 Å². The van der Waals surface area contributed by atoms with Crippen molar-refractivity contribution in [2.45, 2.75) is 26.7 Å². The molecule has 0 saturated heterocycles. The van der Waals surface area contributed by atoms with E-state index in [-0.39, 0.29) is 5.91 Å². The molecule has 3 rings (SSSR count). The lowest BCUT2D eigenvalue weighted by Crippen LogP contribution is -2.12. The molecular weight excluding hydrogens is 320 g/mol. The molecule has 0 atom stereocenters. The van der Waals surface area contributed by atoms with Gasteiger partial charge < -0.3 is 5.32 Å². The Morgan fingerprint density at radius 1 is 1.25 bits per heavy atom. The van der Waals surface area contributed by atoms with Gasteiger partial charge in [0.15, 0.2) is 0 Å². The van der Waals surface area contributed by atoms with Crippen LogP contribution in [0.1, 0.15) is 23.4 Å². The van der Waals surface area contributed by atoms with E-state index in [1.54, 1.807) is 17.5 Å². The highest BCUT2D eigenvalue weighted by atomic mass is 32.1. The van der Waals surface area contributed by atoms with Crippen molar-refractivity contribution in [3.63, 3.8) is 0 Å². The quantitative estimate of drug-likeness (QED) is 0.770. The molecule has 0 unspecified atom stereocenters. The molecule has 3 aromatic rings. The number of anilines is 1. The van der Waals surface area contributed by atoms with Gasteiger partial charge in [-0.2, -0.15) is 5.10 Å². The Bertz CT molecular complexity index is 835. The summed E-state index contributed by atoms with van der Waals surface area (Å²) in [6, 6.07) is 7.78. The maximum atomic E-state index is 12.2. The summed E-state index contributed by atoms with van der Waals surface area (Å²) < 4.78 is 1.86. The van der Waals surface area contributed by atoms with Gasteiger partial charge in [-0.05, 0) is 50.1 Å². The molecule has 0 bridgehead atoms. The zero-order chi connectivity index (χ0) is 17.1. The number of benzene rings is 1. The maximum Gasteiger partial charge on any atom is 0.224 e. The molecule has 2 aromatic heterocycles. The number of hydrogen-bond acceptors (Lipinski definition) is 4. The third-order valence-corrected chi connectivity index (χ3v) is 4.93. The number of thiazole rings is 1. The topological polar surface area (TPSA) is 59.8 Å². The summed E-state index contributed by atoms with van der Waals surface area (Å²) in [4.78, 5) is 16.5. The zero-order valence-corrected chi connectivity index (χ0v) is 14.9. The predicted octanol–water partition coefficient (Wildman–Crippen LogP) is 3.73. The Balaban J connectivity index is 1.59. The molecule has 0 saturated carbocycles. The van der Waals surface area contributed by atoms with Crippen molar-refractivity contribution in [3.8, 4) is 10.6 Å². The number of nitrogens with one attached hydrogen (secondary N) is 1. The lowest BCUT2D eigenvalue weighted by Gasteiger charge is -2.06. The molecule has 0 fully saturated rings. The van der Waals surface area contributed by atoms with Crippen molar-refractivity contribution < 1.29 is 4.79 Å². The Morgan fingerprint density at radius 2 is 2.00 bits per heavy atom. The first-order valence-electron chi connectivity index (χ1n) is 7.83. The van der Waals surface area contributed by atoms with Crippen LogP contribution in [0.5, 0.6) is 0 Å². The van der Waals surface area contributed by atoms with Crippen LogP contribution in [0.15, 0.2) is 35.8 Å². The van der Waals surface area contributed by atoms with Crippen molar-refractivity contribution in [1.29, 1.82) is 0 Å². The Hall–Kier alpha value is -2.47. The largest absolute Gasteiger partial charge is 0.326 e. The minimum Gasteiger partial charge on any atom is -0.326 e. The van der Waals surface area contributed by atoms with Gasteiger partial charge in [-0.25, -0.2) is 4.98 Å². The Kier molecular flexibility index (Phi) is 4.76. The summed E-state index contributed by atoms with van der Waals surface area (Å²) in [5.41, 5.74) is 5.14. The SMILES string of the molecule is Cc1nn(C)c(C)c1CCC(=O)Nc1ccc(-c2nccs2)cc1. The Labute approximate surface area is 145 Å². The van der Waals surface area contributed by atoms with E-state index in [0.29, 0.717) is 12.8 Å². The van der Waals surface area contributed by atoms with Crippen LogP contribution < -0.4 is 5.32 Å². The third-order valence-electron chi connectivity index (χ3n) is 4.11. The molecule has 0 aliphatic heterocycles. The third kappa shape index (κ3) is 3.54.